The average molecular weight is 212 g/mol. The standard InChI is InChI=1S/C13H10NO2/c15-14(16)13-9-5-4-8-12(13)10-11-6-2-1-3-7-11/h1-7,9H,10H2. The van der Waals surface area contributed by atoms with Gasteiger partial charge in [-0.25, -0.2) is 0 Å². The molecule has 0 saturated carbocycles. The number of hydrogen-bond donors (Lipinski definition) is 0. The summed E-state index contributed by atoms with van der Waals surface area (Å²) in [6, 6.07) is 17.4. The number of rotatable bonds is 3. The van der Waals surface area contributed by atoms with Crippen LogP contribution in [0.1, 0.15) is 11.1 Å². The zero-order valence-electron chi connectivity index (χ0n) is 8.59. The summed E-state index contributed by atoms with van der Waals surface area (Å²) in [6.45, 7) is 0. The van der Waals surface area contributed by atoms with Crippen molar-refractivity contribution >= 4 is 5.69 Å². The van der Waals surface area contributed by atoms with Crippen LogP contribution in [0.25, 0.3) is 0 Å². The lowest BCUT2D eigenvalue weighted by molar-refractivity contribution is -0.385. The minimum absolute atomic E-state index is 0.131. The van der Waals surface area contributed by atoms with E-state index < -0.39 is 0 Å². The van der Waals surface area contributed by atoms with Gasteiger partial charge in [-0.3, -0.25) is 10.1 Å². The van der Waals surface area contributed by atoms with Crippen molar-refractivity contribution in [3.63, 3.8) is 0 Å². The summed E-state index contributed by atoms with van der Waals surface area (Å²) in [5.74, 6) is 0. The Bertz CT molecular complexity index is 494. The molecule has 0 unspecified atom stereocenters. The minimum atomic E-state index is -0.366. The van der Waals surface area contributed by atoms with E-state index in [1.165, 1.54) is 6.07 Å². The molecule has 2 rings (SSSR count). The predicted octanol–water partition coefficient (Wildman–Crippen LogP) is 2.99. The van der Waals surface area contributed by atoms with E-state index in [1.807, 2.05) is 30.3 Å². The molecular weight excluding hydrogens is 202 g/mol. The van der Waals surface area contributed by atoms with E-state index in [0.29, 0.717) is 12.0 Å². The summed E-state index contributed by atoms with van der Waals surface area (Å²) in [5.41, 5.74) is 1.80. The molecule has 2 aromatic rings. The fourth-order valence-electron chi connectivity index (χ4n) is 1.58. The quantitative estimate of drug-likeness (QED) is 0.579. The molecule has 0 saturated heterocycles. The molecule has 0 aliphatic carbocycles. The maximum Gasteiger partial charge on any atom is 0.273 e. The minimum Gasteiger partial charge on any atom is -0.258 e. The second-order valence-electron chi connectivity index (χ2n) is 3.45. The first kappa shape index (κ1) is 10.4. The molecule has 1 radical (unpaired) electrons. The highest BCUT2D eigenvalue weighted by molar-refractivity contribution is 5.42. The van der Waals surface area contributed by atoms with Crippen molar-refractivity contribution in [3.8, 4) is 0 Å². The Labute approximate surface area is 93.5 Å². The summed E-state index contributed by atoms with van der Waals surface area (Å²) in [7, 11) is 0. The molecule has 79 valence electrons. The largest absolute Gasteiger partial charge is 0.273 e. The van der Waals surface area contributed by atoms with E-state index >= 15 is 0 Å². The van der Waals surface area contributed by atoms with Crippen LogP contribution in [-0.4, -0.2) is 4.92 Å². The fraction of sp³-hybridized carbons (Fsp3) is 0.0769. The zero-order chi connectivity index (χ0) is 11.4. The lowest BCUT2D eigenvalue weighted by atomic mass is 10.0. The third-order valence-corrected chi connectivity index (χ3v) is 2.34. The second-order valence-corrected chi connectivity index (χ2v) is 3.45. The maximum absolute atomic E-state index is 10.8. The van der Waals surface area contributed by atoms with Crippen LogP contribution in [-0.2, 0) is 6.42 Å². The molecule has 0 N–H and O–H groups in total. The van der Waals surface area contributed by atoms with Crippen molar-refractivity contribution in [2.24, 2.45) is 0 Å². The van der Waals surface area contributed by atoms with Crippen molar-refractivity contribution in [1.29, 1.82) is 0 Å². The highest BCUT2D eigenvalue weighted by Crippen LogP contribution is 2.20. The van der Waals surface area contributed by atoms with Crippen LogP contribution in [0, 0.1) is 16.2 Å². The van der Waals surface area contributed by atoms with E-state index in [9.17, 15) is 10.1 Å². The van der Waals surface area contributed by atoms with Crippen LogP contribution in [0.2, 0.25) is 0 Å². The van der Waals surface area contributed by atoms with Crippen LogP contribution in [0.15, 0.2) is 48.5 Å². The van der Waals surface area contributed by atoms with Crippen molar-refractivity contribution in [3.05, 3.63) is 75.8 Å². The molecule has 0 atom stereocenters. The Morgan fingerprint density at radius 1 is 1.12 bits per heavy atom. The third-order valence-electron chi connectivity index (χ3n) is 2.34. The first-order valence-electron chi connectivity index (χ1n) is 4.95. The van der Waals surface area contributed by atoms with E-state index in [1.54, 1.807) is 12.1 Å². The van der Waals surface area contributed by atoms with Crippen molar-refractivity contribution in [1.82, 2.24) is 0 Å². The Morgan fingerprint density at radius 3 is 2.56 bits per heavy atom. The number of nitro groups is 1. The Hall–Kier alpha value is -2.16. The lowest BCUT2D eigenvalue weighted by Gasteiger charge is -2.02. The number of benzene rings is 2. The van der Waals surface area contributed by atoms with Crippen molar-refractivity contribution in [2.45, 2.75) is 6.42 Å². The van der Waals surface area contributed by atoms with E-state index in [2.05, 4.69) is 6.07 Å². The molecule has 0 aromatic heterocycles. The summed E-state index contributed by atoms with van der Waals surface area (Å²) < 4.78 is 0. The molecule has 0 aliphatic rings. The van der Waals surface area contributed by atoms with Crippen LogP contribution in [0.3, 0.4) is 0 Å². The number of hydrogen-bond acceptors (Lipinski definition) is 2. The molecule has 2 aromatic carbocycles. The van der Waals surface area contributed by atoms with E-state index in [4.69, 9.17) is 0 Å². The van der Waals surface area contributed by atoms with Gasteiger partial charge in [-0.1, -0.05) is 42.5 Å². The van der Waals surface area contributed by atoms with Crippen LogP contribution >= 0.6 is 0 Å². The summed E-state index contributed by atoms with van der Waals surface area (Å²) in [5, 5.41) is 10.8. The molecule has 0 spiro atoms. The molecule has 0 bridgehead atoms. The summed E-state index contributed by atoms with van der Waals surface area (Å²) in [6.07, 6.45) is 0.540. The smallest absolute Gasteiger partial charge is 0.258 e. The van der Waals surface area contributed by atoms with Gasteiger partial charge >= 0.3 is 0 Å². The van der Waals surface area contributed by atoms with Crippen molar-refractivity contribution < 1.29 is 4.92 Å². The molecule has 0 amide bonds. The van der Waals surface area contributed by atoms with Gasteiger partial charge in [0.25, 0.3) is 5.69 Å². The van der Waals surface area contributed by atoms with Crippen LogP contribution in [0.4, 0.5) is 5.69 Å². The van der Waals surface area contributed by atoms with Crippen LogP contribution in [0.5, 0.6) is 0 Å². The van der Waals surface area contributed by atoms with Crippen molar-refractivity contribution in [2.75, 3.05) is 0 Å². The highest BCUT2D eigenvalue weighted by Gasteiger charge is 2.12. The topological polar surface area (TPSA) is 43.1 Å². The Kier molecular flexibility index (Phi) is 2.96. The van der Waals surface area contributed by atoms with E-state index in [-0.39, 0.29) is 10.6 Å². The molecule has 16 heavy (non-hydrogen) atoms. The second kappa shape index (κ2) is 4.57. The van der Waals surface area contributed by atoms with E-state index in [0.717, 1.165) is 5.56 Å². The summed E-state index contributed by atoms with van der Waals surface area (Å²) >= 11 is 0. The van der Waals surface area contributed by atoms with Crippen LogP contribution < -0.4 is 0 Å². The van der Waals surface area contributed by atoms with Gasteiger partial charge in [0.2, 0.25) is 0 Å². The maximum atomic E-state index is 10.8. The predicted molar refractivity (Wildman–Crippen MR) is 61.2 cm³/mol. The molecule has 0 heterocycles. The van der Waals surface area contributed by atoms with Gasteiger partial charge in [0.05, 0.1) is 4.92 Å². The normalized spacial score (nSPS) is 10.0. The van der Waals surface area contributed by atoms with Gasteiger partial charge in [-0.2, -0.15) is 0 Å². The first-order valence-corrected chi connectivity index (χ1v) is 4.95. The number of nitrogens with zero attached hydrogens (tertiary/aromatic N) is 1. The molecular formula is C13H10NO2. The van der Waals surface area contributed by atoms with Gasteiger partial charge in [-0.15, -0.1) is 0 Å². The molecule has 0 fully saturated rings. The Morgan fingerprint density at radius 2 is 1.88 bits per heavy atom. The fourth-order valence-corrected chi connectivity index (χ4v) is 1.58. The van der Waals surface area contributed by atoms with Gasteiger partial charge in [0, 0.05) is 18.1 Å². The average Bonchev–Trinajstić information content (AvgIpc) is 2.31. The van der Waals surface area contributed by atoms with Gasteiger partial charge in [0.15, 0.2) is 0 Å². The van der Waals surface area contributed by atoms with Gasteiger partial charge in [0.1, 0.15) is 0 Å². The third kappa shape index (κ3) is 2.25. The highest BCUT2D eigenvalue weighted by atomic mass is 16.6. The van der Waals surface area contributed by atoms with Gasteiger partial charge < -0.3 is 0 Å². The summed E-state index contributed by atoms with van der Waals surface area (Å²) in [4.78, 5) is 10.4. The number of nitro benzene ring substituents is 1. The first-order chi connectivity index (χ1) is 7.77. The molecule has 3 heteroatoms. The zero-order valence-corrected chi connectivity index (χ0v) is 8.59. The van der Waals surface area contributed by atoms with Gasteiger partial charge in [-0.05, 0) is 11.6 Å². The Balaban J connectivity index is 2.31. The SMILES string of the molecule is O=[N+]([O-])c1ccc[c]c1Cc1ccccc1. The molecule has 3 nitrogen and oxygen atoms in total. The lowest BCUT2D eigenvalue weighted by Crippen LogP contribution is -1.96. The molecule has 0 aliphatic heterocycles. The monoisotopic (exact) mass is 212 g/mol.